The Balaban J connectivity index is 2.39. The third-order valence-corrected chi connectivity index (χ3v) is 5.59. The van der Waals surface area contributed by atoms with Crippen molar-refractivity contribution in [3.8, 4) is 0 Å². The SMILES string of the molecule is CCC(CC)(CCCCCCc1cc(F)c(F)c(F)c1F)O[SiH3]. The summed E-state index contributed by atoms with van der Waals surface area (Å²) in [4.78, 5) is 0. The molecular weight excluding hydrogens is 324 g/mol. The number of hydrogen-bond acceptors (Lipinski definition) is 1. The van der Waals surface area contributed by atoms with E-state index in [0.717, 1.165) is 55.1 Å². The Labute approximate surface area is 139 Å². The molecule has 0 aromatic heterocycles. The molecule has 1 nitrogen and oxygen atoms in total. The lowest BCUT2D eigenvalue weighted by molar-refractivity contribution is 0.0583. The summed E-state index contributed by atoms with van der Waals surface area (Å²) in [5, 5.41) is 0. The first kappa shape index (κ1) is 20.2. The normalized spacial score (nSPS) is 12.1. The molecule has 0 bridgehead atoms. The third-order valence-electron chi connectivity index (χ3n) is 4.73. The van der Waals surface area contributed by atoms with Crippen molar-refractivity contribution >= 4 is 10.5 Å². The second-order valence-electron chi connectivity index (χ2n) is 5.97. The Hall–Kier alpha value is -0.883. The van der Waals surface area contributed by atoms with Crippen LogP contribution in [0.4, 0.5) is 17.6 Å². The van der Waals surface area contributed by atoms with Gasteiger partial charge in [0, 0.05) is 0 Å². The number of aryl methyl sites for hydroxylation is 1. The molecule has 6 heteroatoms. The van der Waals surface area contributed by atoms with Gasteiger partial charge in [0.25, 0.3) is 0 Å². The monoisotopic (exact) mass is 350 g/mol. The van der Waals surface area contributed by atoms with Crippen LogP contribution in [0.25, 0.3) is 0 Å². The number of rotatable bonds is 10. The quantitative estimate of drug-likeness (QED) is 0.197. The minimum atomic E-state index is -1.75. The van der Waals surface area contributed by atoms with E-state index < -0.39 is 23.3 Å². The van der Waals surface area contributed by atoms with Gasteiger partial charge in [0.05, 0.1) is 5.60 Å². The molecule has 1 aromatic rings. The first-order valence-corrected chi connectivity index (χ1v) is 9.09. The maximum absolute atomic E-state index is 13.5. The molecule has 0 spiro atoms. The van der Waals surface area contributed by atoms with Gasteiger partial charge in [-0.05, 0) is 43.7 Å². The first-order valence-electron chi connectivity index (χ1n) is 8.27. The Morgan fingerprint density at radius 2 is 1.52 bits per heavy atom. The predicted octanol–water partition coefficient (Wildman–Crippen LogP) is 4.59. The van der Waals surface area contributed by atoms with Gasteiger partial charge in [-0.3, -0.25) is 0 Å². The lowest BCUT2D eigenvalue weighted by atomic mass is 9.90. The molecule has 0 fully saturated rings. The summed E-state index contributed by atoms with van der Waals surface area (Å²) >= 11 is 0. The molecule has 0 saturated heterocycles. The molecular formula is C17H26F4OSi. The molecule has 0 saturated carbocycles. The fraction of sp³-hybridized carbons (Fsp3) is 0.647. The smallest absolute Gasteiger partial charge is 0.197 e. The summed E-state index contributed by atoms with van der Waals surface area (Å²) in [5.41, 5.74) is -0.109. The zero-order valence-corrected chi connectivity index (χ0v) is 16.2. The summed E-state index contributed by atoms with van der Waals surface area (Å²) in [6, 6.07) is 0.752. The second kappa shape index (κ2) is 9.42. The molecule has 1 aromatic carbocycles. The van der Waals surface area contributed by atoms with Gasteiger partial charge < -0.3 is 4.43 Å². The van der Waals surface area contributed by atoms with Gasteiger partial charge in [-0.25, -0.2) is 17.6 Å². The van der Waals surface area contributed by atoms with E-state index in [2.05, 4.69) is 13.8 Å². The lowest BCUT2D eigenvalue weighted by Crippen LogP contribution is -2.30. The van der Waals surface area contributed by atoms with E-state index in [4.69, 9.17) is 4.43 Å². The highest BCUT2D eigenvalue weighted by Gasteiger charge is 2.23. The van der Waals surface area contributed by atoms with Crippen LogP contribution < -0.4 is 0 Å². The average Bonchev–Trinajstić information content (AvgIpc) is 2.57. The van der Waals surface area contributed by atoms with Crippen LogP contribution in [-0.4, -0.2) is 16.1 Å². The fourth-order valence-electron chi connectivity index (χ4n) is 2.91. The van der Waals surface area contributed by atoms with Crippen LogP contribution in [0.2, 0.25) is 0 Å². The van der Waals surface area contributed by atoms with Gasteiger partial charge in [-0.2, -0.15) is 0 Å². The molecule has 1 rings (SSSR count). The van der Waals surface area contributed by atoms with E-state index >= 15 is 0 Å². The van der Waals surface area contributed by atoms with Crippen molar-refractivity contribution < 1.29 is 22.0 Å². The zero-order valence-electron chi connectivity index (χ0n) is 14.2. The number of hydrogen-bond donors (Lipinski definition) is 0. The summed E-state index contributed by atoms with van der Waals surface area (Å²) in [6.45, 7) is 4.25. The third kappa shape index (κ3) is 5.31. The molecule has 23 heavy (non-hydrogen) atoms. The van der Waals surface area contributed by atoms with Crippen LogP contribution in [0, 0.1) is 23.3 Å². The molecule has 0 radical (unpaired) electrons. The van der Waals surface area contributed by atoms with Gasteiger partial charge in [-0.15, -0.1) is 0 Å². The number of halogens is 4. The van der Waals surface area contributed by atoms with Crippen LogP contribution in [0.5, 0.6) is 0 Å². The average molecular weight is 350 g/mol. The molecule has 0 aliphatic heterocycles. The van der Waals surface area contributed by atoms with Crippen molar-refractivity contribution in [2.24, 2.45) is 0 Å². The van der Waals surface area contributed by atoms with Gasteiger partial charge >= 0.3 is 0 Å². The Kier molecular flexibility index (Phi) is 8.26. The predicted molar refractivity (Wildman–Crippen MR) is 87.4 cm³/mol. The van der Waals surface area contributed by atoms with Crippen LogP contribution in [0.1, 0.15) is 64.4 Å². The zero-order chi connectivity index (χ0) is 17.5. The van der Waals surface area contributed by atoms with Crippen LogP contribution in [-0.2, 0) is 10.8 Å². The van der Waals surface area contributed by atoms with Gasteiger partial charge in [0.1, 0.15) is 10.5 Å². The summed E-state index contributed by atoms with van der Waals surface area (Å²) in [6.07, 6.45) is 6.62. The molecule has 132 valence electrons. The summed E-state index contributed by atoms with van der Waals surface area (Å²) in [7, 11) is 0.721. The Morgan fingerprint density at radius 1 is 0.913 bits per heavy atom. The van der Waals surface area contributed by atoms with E-state index in [1.807, 2.05) is 0 Å². The van der Waals surface area contributed by atoms with E-state index in [0.29, 0.717) is 6.42 Å². The van der Waals surface area contributed by atoms with Crippen LogP contribution in [0.3, 0.4) is 0 Å². The minimum absolute atomic E-state index is 0.0124. The van der Waals surface area contributed by atoms with Crippen molar-refractivity contribution in [1.82, 2.24) is 0 Å². The van der Waals surface area contributed by atoms with Crippen molar-refractivity contribution in [1.29, 1.82) is 0 Å². The molecule has 0 unspecified atom stereocenters. The maximum atomic E-state index is 13.5. The first-order chi connectivity index (χ1) is 10.9. The summed E-state index contributed by atoms with van der Waals surface area (Å²) in [5.74, 6) is -6.08. The van der Waals surface area contributed by atoms with Crippen molar-refractivity contribution in [2.75, 3.05) is 0 Å². The fourth-order valence-corrected chi connectivity index (χ4v) is 3.70. The Bertz CT molecular complexity index is 496. The summed E-state index contributed by atoms with van der Waals surface area (Å²) < 4.78 is 58.4. The van der Waals surface area contributed by atoms with Crippen LogP contribution in [0.15, 0.2) is 6.07 Å². The molecule has 0 atom stereocenters. The molecule has 0 aliphatic carbocycles. The van der Waals surface area contributed by atoms with Crippen molar-refractivity contribution in [2.45, 2.75) is 70.8 Å². The number of benzene rings is 1. The van der Waals surface area contributed by atoms with E-state index in [1.54, 1.807) is 0 Å². The molecule has 0 N–H and O–H groups in total. The van der Waals surface area contributed by atoms with Gasteiger partial charge in [0.15, 0.2) is 23.3 Å². The molecule has 0 heterocycles. The lowest BCUT2D eigenvalue weighted by Gasteiger charge is -2.31. The Morgan fingerprint density at radius 3 is 2.09 bits per heavy atom. The van der Waals surface area contributed by atoms with E-state index in [9.17, 15) is 17.6 Å². The highest BCUT2D eigenvalue weighted by molar-refractivity contribution is 5.98. The largest absolute Gasteiger partial charge is 0.422 e. The van der Waals surface area contributed by atoms with Gasteiger partial charge in [-0.1, -0.05) is 33.1 Å². The highest BCUT2D eigenvalue weighted by Crippen LogP contribution is 2.27. The maximum Gasteiger partial charge on any atom is 0.197 e. The number of unbranched alkanes of at least 4 members (excludes halogenated alkanes) is 3. The van der Waals surface area contributed by atoms with Crippen molar-refractivity contribution in [3.63, 3.8) is 0 Å². The van der Waals surface area contributed by atoms with Crippen molar-refractivity contribution in [3.05, 3.63) is 34.9 Å². The standard InChI is InChI=1S/C17H26F4OSi/c1-3-17(4-2,22-23)10-8-6-5-7-9-12-11-13(18)15(20)16(21)14(12)19/h11H,3-10H2,1-2,23H3. The minimum Gasteiger partial charge on any atom is -0.422 e. The van der Waals surface area contributed by atoms with Crippen LogP contribution >= 0.6 is 0 Å². The molecule has 0 aliphatic rings. The van der Waals surface area contributed by atoms with E-state index in [1.165, 1.54) is 0 Å². The second-order valence-corrected chi connectivity index (χ2v) is 6.38. The van der Waals surface area contributed by atoms with E-state index in [-0.39, 0.29) is 17.6 Å². The topological polar surface area (TPSA) is 9.23 Å². The molecule has 0 amide bonds. The van der Waals surface area contributed by atoms with Gasteiger partial charge in [0.2, 0.25) is 0 Å². The highest BCUT2D eigenvalue weighted by atomic mass is 28.2.